The number of ketones is 1. The van der Waals surface area contributed by atoms with Crippen LogP contribution in [0, 0.1) is 0 Å². The smallest absolute Gasteiger partial charge is 0.183 e. The van der Waals surface area contributed by atoms with Gasteiger partial charge in [-0.2, -0.15) is 0 Å². The quantitative estimate of drug-likeness (QED) is 0.838. The monoisotopic (exact) mass is 338 g/mol. The maximum Gasteiger partial charge on any atom is 0.183 e. The Bertz CT molecular complexity index is 772. The van der Waals surface area contributed by atoms with Gasteiger partial charge >= 0.3 is 0 Å². The summed E-state index contributed by atoms with van der Waals surface area (Å²) >= 11 is 5.31. The summed E-state index contributed by atoms with van der Waals surface area (Å²) in [7, 11) is 0. The molecule has 122 valence electrons. The maximum absolute atomic E-state index is 12.4. The average molecular weight is 338 g/mol. The summed E-state index contributed by atoms with van der Waals surface area (Å²) < 4.78 is 0. The van der Waals surface area contributed by atoms with Gasteiger partial charge in [0.25, 0.3) is 0 Å². The number of anilines is 1. The number of carbonyl (C=O) groups excluding carboxylic acids is 1. The molecule has 4 nitrogen and oxygen atoms in total. The highest BCUT2D eigenvalue weighted by Crippen LogP contribution is 2.19. The summed E-state index contributed by atoms with van der Waals surface area (Å²) in [6.07, 6.45) is 0. The van der Waals surface area contributed by atoms with Gasteiger partial charge in [0, 0.05) is 12.2 Å². The molecule has 0 atom stereocenters. The topological polar surface area (TPSA) is 52.6 Å². The standard InChI is InChI=1S/C19H18N2O2S/c22-16-12-21(11-14-7-3-1-4-8-14)13-17(23)18(16)19(24)20-15-9-5-2-6-10-15/h1-10,22H,11-13H2,(H,20,24). The van der Waals surface area contributed by atoms with Crippen molar-refractivity contribution in [2.75, 3.05) is 18.4 Å². The van der Waals surface area contributed by atoms with E-state index in [1.165, 1.54) is 0 Å². The molecule has 2 N–H and O–H groups in total. The van der Waals surface area contributed by atoms with Gasteiger partial charge in [-0.1, -0.05) is 60.7 Å². The Morgan fingerprint density at radius 1 is 1.04 bits per heavy atom. The second kappa shape index (κ2) is 7.38. The Labute approximate surface area is 146 Å². The molecule has 0 spiro atoms. The van der Waals surface area contributed by atoms with Gasteiger partial charge in [-0.3, -0.25) is 9.69 Å². The van der Waals surface area contributed by atoms with Gasteiger partial charge in [-0.05, 0) is 17.7 Å². The zero-order valence-corrected chi connectivity index (χ0v) is 13.9. The fourth-order valence-corrected chi connectivity index (χ4v) is 3.07. The molecule has 2 aromatic rings. The molecule has 0 fully saturated rings. The van der Waals surface area contributed by atoms with E-state index in [2.05, 4.69) is 5.32 Å². The molecule has 0 aliphatic carbocycles. The molecule has 2 aromatic carbocycles. The van der Waals surface area contributed by atoms with Gasteiger partial charge in [-0.15, -0.1) is 0 Å². The normalized spacial score (nSPS) is 15.4. The van der Waals surface area contributed by atoms with Crippen LogP contribution in [0.2, 0.25) is 0 Å². The van der Waals surface area contributed by atoms with E-state index in [1.54, 1.807) is 0 Å². The molecule has 0 aromatic heterocycles. The third kappa shape index (κ3) is 3.88. The Hall–Kier alpha value is -2.50. The van der Waals surface area contributed by atoms with Crippen LogP contribution >= 0.6 is 12.2 Å². The minimum Gasteiger partial charge on any atom is -0.510 e. The molecule has 24 heavy (non-hydrogen) atoms. The summed E-state index contributed by atoms with van der Waals surface area (Å²) in [5.41, 5.74) is 2.12. The molecular formula is C19H18N2O2S. The lowest BCUT2D eigenvalue weighted by molar-refractivity contribution is -0.117. The van der Waals surface area contributed by atoms with Crippen LogP contribution in [-0.4, -0.2) is 33.9 Å². The Kier molecular flexibility index (Phi) is 5.03. The van der Waals surface area contributed by atoms with Crippen molar-refractivity contribution in [3.63, 3.8) is 0 Å². The fraction of sp³-hybridized carbons (Fsp3) is 0.158. The molecule has 0 radical (unpaired) electrons. The lowest BCUT2D eigenvalue weighted by atomic mass is 10.0. The number of para-hydroxylation sites is 1. The van der Waals surface area contributed by atoms with Crippen molar-refractivity contribution in [2.24, 2.45) is 0 Å². The van der Waals surface area contributed by atoms with Crippen LogP contribution in [0.25, 0.3) is 0 Å². The number of thiocarbonyl (C=S) groups is 1. The van der Waals surface area contributed by atoms with E-state index in [-0.39, 0.29) is 28.6 Å². The highest BCUT2D eigenvalue weighted by molar-refractivity contribution is 7.81. The lowest BCUT2D eigenvalue weighted by Crippen LogP contribution is -2.40. The van der Waals surface area contributed by atoms with Crippen LogP contribution in [0.3, 0.4) is 0 Å². The van der Waals surface area contributed by atoms with E-state index in [9.17, 15) is 9.90 Å². The molecular weight excluding hydrogens is 320 g/mol. The van der Waals surface area contributed by atoms with Crippen molar-refractivity contribution in [1.82, 2.24) is 4.90 Å². The largest absolute Gasteiger partial charge is 0.510 e. The van der Waals surface area contributed by atoms with Crippen LogP contribution in [0.5, 0.6) is 0 Å². The van der Waals surface area contributed by atoms with Gasteiger partial charge in [0.15, 0.2) is 5.78 Å². The summed E-state index contributed by atoms with van der Waals surface area (Å²) in [5, 5.41) is 13.3. The van der Waals surface area contributed by atoms with Crippen molar-refractivity contribution >= 4 is 28.7 Å². The number of Topliss-reactive ketones (excluding diaryl/α,β-unsaturated/α-hetero) is 1. The molecule has 0 amide bonds. The summed E-state index contributed by atoms with van der Waals surface area (Å²) in [4.78, 5) is 14.6. The zero-order valence-electron chi connectivity index (χ0n) is 13.1. The van der Waals surface area contributed by atoms with Crippen molar-refractivity contribution in [1.29, 1.82) is 0 Å². The number of aliphatic hydroxyl groups excluding tert-OH is 1. The molecule has 3 rings (SSSR count). The third-order valence-electron chi connectivity index (χ3n) is 3.82. The first kappa shape index (κ1) is 16.4. The average Bonchev–Trinajstić information content (AvgIpc) is 2.56. The Balaban J connectivity index is 1.71. The molecule has 5 heteroatoms. The maximum atomic E-state index is 12.4. The number of nitrogens with zero attached hydrogens (tertiary/aromatic N) is 1. The summed E-state index contributed by atoms with van der Waals surface area (Å²) in [6.45, 7) is 1.17. The van der Waals surface area contributed by atoms with E-state index < -0.39 is 0 Å². The zero-order chi connectivity index (χ0) is 16.9. The van der Waals surface area contributed by atoms with Crippen LogP contribution in [-0.2, 0) is 11.3 Å². The van der Waals surface area contributed by atoms with E-state index in [0.29, 0.717) is 13.1 Å². The minimum absolute atomic E-state index is 0.0237. The molecule has 1 heterocycles. The number of hydrogen-bond acceptors (Lipinski definition) is 4. The summed E-state index contributed by atoms with van der Waals surface area (Å²) in [5.74, 6) is -0.140. The highest BCUT2D eigenvalue weighted by atomic mass is 32.1. The van der Waals surface area contributed by atoms with Crippen molar-refractivity contribution < 1.29 is 9.90 Å². The number of benzene rings is 2. The van der Waals surface area contributed by atoms with E-state index in [1.807, 2.05) is 65.6 Å². The Morgan fingerprint density at radius 2 is 1.67 bits per heavy atom. The molecule has 0 saturated carbocycles. The van der Waals surface area contributed by atoms with Crippen LogP contribution in [0.15, 0.2) is 72.0 Å². The van der Waals surface area contributed by atoms with Crippen molar-refractivity contribution in [3.8, 4) is 0 Å². The predicted molar refractivity (Wildman–Crippen MR) is 99.0 cm³/mol. The Morgan fingerprint density at radius 3 is 2.29 bits per heavy atom. The van der Waals surface area contributed by atoms with Gasteiger partial charge in [0.2, 0.25) is 0 Å². The first-order valence-electron chi connectivity index (χ1n) is 7.71. The van der Waals surface area contributed by atoms with Gasteiger partial charge < -0.3 is 10.4 Å². The predicted octanol–water partition coefficient (Wildman–Crippen LogP) is 3.32. The summed E-state index contributed by atoms with van der Waals surface area (Å²) in [6, 6.07) is 19.3. The number of nitrogens with one attached hydrogen (secondary N) is 1. The third-order valence-corrected chi connectivity index (χ3v) is 4.12. The van der Waals surface area contributed by atoms with E-state index in [4.69, 9.17) is 12.2 Å². The lowest BCUT2D eigenvalue weighted by Gasteiger charge is -2.27. The highest BCUT2D eigenvalue weighted by Gasteiger charge is 2.28. The molecule has 0 saturated heterocycles. The van der Waals surface area contributed by atoms with Crippen LogP contribution in [0.1, 0.15) is 5.56 Å². The van der Waals surface area contributed by atoms with E-state index in [0.717, 1.165) is 11.3 Å². The van der Waals surface area contributed by atoms with Crippen LogP contribution in [0.4, 0.5) is 5.69 Å². The van der Waals surface area contributed by atoms with Crippen LogP contribution < -0.4 is 5.32 Å². The second-order valence-electron chi connectivity index (χ2n) is 5.70. The fourth-order valence-electron chi connectivity index (χ4n) is 2.72. The number of aliphatic hydroxyl groups is 1. The molecule has 0 unspecified atom stereocenters. The number of hydrogen-bond donors (Lipinski definition) is 2. The molecule has 0 bridgehead atoms. The number of carbonyl (C=O) groups is 1. The van der Waals surface area contributed by atoms with Gasteiger partial charge in [0.1, 0.15) is 10.7 Å². The molecule has 1 aliphatic rings. The van der Waals surface area contributed by atoms with Crippen molar-refractivity contribution in [2.45, 2.75) is 6.54 Å². The SMILES string of the molecule is O=C1CN(Cc2ccccc2)CC(O)=C1C(=S)Nc1ccccc1. The molecule has 1 aliphatic heterocycles. The van der Waals surface area contributed by atoms with Gasteiger partial charge in [0.05, 0.1) is 18.7 Å². The van der Waals surface area contributed by atoms with E-state index >= 15 is 0 Å². The van der Waals surface area contributed by atoms with Crippen molar-refractivity contribution in [3.05, 3.63) is 77.6 Å². The number of rotatable bonds is 4. The second-order valence-corrected chi connectivity index (χ2v) is 6.10. The first-order valence-corrected chi connectivity index (χ1v) is 8.12. The minimum atomic E-state index is -0.164. The van der Waals surface area contributed by atoms with Gasteiger partial charge in [-0.25, -0.2) is 0 Å². The first-order chi connectivity index (χ1) is 11.6.